The molecule has 0 saturated heterocycles. The van der Waals surface area contributed by atoms with Crippen LogP contribution in [0.5, 0.6) is 0 Å². The zero-order valence-electron chi connectivity index (χ0n) is 32.6. The second kappa shape index (κ2) is 16.9. The molecule has 0 radical (unpaired) electrons. The number of unbranched alkanes of at least 4 members (excludes halogenated alkanes) is 6. The second-order valence-electron chi connectivity index (χ2n) is 17.2. The summed E-state index contributed by atoms with van der Waals surface area (Å²) >= 11 is 7.87. The fourth-order valence-corrected chi connectivity index (χ4v) is 12.8. The Labute approximate surface area is 321 Å². The molecule has 0 amide bonds. The van der Waals surface area contributed by atoms with E-state index in [4.69, 9.17) is 8.85 Å². The number of benzene rings is 1. The quantitative estimate of drug-likeness (QED) is 0.0651. The summed E-state index contributed by atoms with van der Waals surface area (Å²) in [5, 5.41) is 0.605. The lowest BCUT2D eigenvalue weighted by atomic mass is 10.1. The van der Waals surface area contributed by atoms with Crippen molar-refractivity contribution in [3.8, 4) is 20.9 Å². The molecule has 0 unspecified atom stereocenters. The van der Waals surface area contributed by atoms with Crippen LogP contribution in [0.4, 0.5) is 0 Å². The summed E-state index contributed by atoms with van der Waals surface area (Å²) in [6.07, 6.45) is 12.5. The van der Waals surface area contributed by atoms with Crippen LogP contribution in [-0.2, 0) is 21.7 Å². The molecule has 0 bridgehead atoms. The van der Waals surface area contributed by atoms with Crippen LogP contribution in [0.25, 0.3) is 39.7 Å². The number of rotatable bonds is 18. The smallest absolute Gasteiger partial charge is 0.191 e. The van der Waals surface area contributed by atoms with Crippen LogP contribution >= 0.6 is 45.3 Å². The predicted molar refractivity (Wildman–Crippen MR) is 234 cm³/mol. The first kappa shape index (κ1) is 40.1. The Morgan fingerprint density at radius 1 is 0.460 bits per heavy atom. The van der Waals surface area contributed by atoms with Crippen molar-refractivity contribution in [1.82, 2.24) is 0 Å². The first-order valence-corrected chi connectivity index (χ1v) is 28.0. The SMILES string of the molecule is CC(C)(C)[Si](C)(C)OCCCCCCc1cc2sc(-c3ccc(-c4cc5sc(CCCCCCO[Si](C)(C)C(C)(C)C)cc5s4)cc3)cc2s1. The molecule has 1 aromatic carbocycles. The highest BCUT2D eigenvalue weighted by atomic mass is 32.1. The van der Waals surface area contributed by atoms with E-state index < -0.39 is 16.6 Å². The van der Waals surface area contributed by atoms with Gasteiger partial charge < -0.3 is 8.85 Å². The molecule has 50 heavy (non-hydrogen) atoms. The van der Waals surface area contributed by atoms with Gasteiger partial charge in [-0.25, -0.2) is 0 Å². The summed E-state index contributed by atoms with van der Waals surface area (Å²) < 4.78 is 18.5. The third-order valence-corrected chi connectivity index (χ3v) is 25.0. The Morgan fingerprint density at radius 2 is 0.800 bits per heavy atom. The van der Waals surface area contributed by atoms with Crippen LogP contribution in [-0.4, -0.2) is 29.8 Å². The van der Waals surface area contributed by atoms with Crippen molar-refractivity contribution >= 4 is 80.8 Å². The van der Waals surface area contributed by atoms with E-state index in [1.165, 1.54) is 114 Å². The molecule has 0 aliphatic rings. The van der Waals surface area contributed by atoms with Crippen molar-refractivity contribution in [1.29, 1.82) is 0 Å². The Kier molecular flexibility index (Phi) is 13.6. The van der Waals surface area contributed by atoms with Crippen molar-refractivity contribution in [2.75, 3.05) is 13.2 Å². The summed E-state index contributed by atoms with van der Waals surface area (Å²) in [4.78, 5) is 5.83. The van der Waals surface area contributed by atoms with E-state index in [1.54, 1.807) is 0 Å². The van der Waals surface area contributed by atoms with Crippen molar-refractivity contribution in [2.24, 2.45) is 0 Å². The lowest BCUT2D eigenvalue weighted by molar-refractivity contribution is 0.277. The van der Waals surface area contributed by atoms with E-state index >= 15 is 0 Å². The summed E-state index contributed by atoms with van der Waals surface area (Å²) in [7, 11) is -3.21. The van der Waals surface area contributed by atoms with E-state index in [2.05, 4.69) is 116 Å². The standard InChI is InChI=1S/C42H62O2S4Si2/c1-41(2,3)49(7,8)43-25-17-13-11-15-19-33-27-37-39(45-33)29-35(47-37)31-21-23-32(24-22-31)36-30-40-38(48-36)28-34(46-40)20-16-12-14-18-26-44-50(9,10)42(4,5)6/h21-24,27-30H,11-20,25-26H2,1-10H3. The monoisotopic (exact) mass is 782 g/mol. The summed E-state index contributed by atoms with van der Waals surface area (Å²) in [6, 6.07) is 19.0. The van der Waals surface area contributed by atoms with Gasteiger partial charge in [-0.2, -0.15) is 0 Å². The van der Waals surface area contributed by atoms with Gasteiger partial charge in [0.25, 0.3) is 0 Å². The van der Waals surface area contributed by atoms with Crippen molar-refractivity contribution < 1.29 is 8.85 Å². The molecule has 0 aliphatic heterocycles. The van der Waals surface area contributed by atoms with E-state index in [0.29, 0.717) is 10.1 Å². The number of hydrogen-bond acceptors (Lipinski definition) is 6. The molecule has 4 aromatic heterocycles. The average Bonchev–Trinajstić information content (AvgIpc) is 3.79. The highest BCUT2D eigenvalue weighted by molar-refractivity contribution is 7.30. The molecule has 4 heterocycles. The largest absolute Gasteiger partial charge is 0.417 e. The highest BCUT2D eigenvalue weighted by Gasteiger charge is 2.37. The molecule has 0 aliphatic carbocycles. The second-order valence-corrected chi connectivity index (χ2v) is 31.3. The van der Waals surface area contributed by atoms with Gasteiger partial charge >= 0.3 is 0 Å². The van der Waals surface area contributed by atoms with Crippen LogP contribution < -0.4 is 0 Å². The van der Waals surface area contributed by atoms with Gasteiger partial charge in [0, 0.05) is 51.5 Å². The van der Waals surface area contributed by atoms with Gasteiger partial charge in [0.05, 0.1) is 0 Å². The lowest BCUT2D eigenvalue weighted by Gasteiger charge is -2.36. The first-order chi connectivity index (χ1) is 23.5. The molecule has 5 aromatic rings. The van der Waals surface area contributed by atoms with Crippen LogP contribution in [0.1, 0.15) is 103 Å². The maximum absolute atomic E-state index is 6.35. The number of hydrogen-bond donors (Lipinski definition) is 0. The minimum Gasteiger partial charge on any atom is -0.417 e. The summed E-state index contributed by atoms with van der Waals surface area (Å²) in [6.45, 7) is 25.2. The topological polar surface area (TPSA) is 18.5 Å². The Morgan fingerprint density at radius 3 is 1.14 bits per heavy atom. The lowest BCUT2D eigenvalue weighted by Crippen LogP contribution is -2.40. The minimum absolute atomic E-state index is 0.302. The third-order valence-electron chi connectivity index (χ3n) is 11.1. The van der Waals surface area contributed by atoms with Crippen molar-refractivity contribution in [3.05, 3.63) is 58.3 Å². The Bertz CT molecular complexity index is 1600. The Hall–Kier alpha value is -1.11. The minimum atomic E-state index is -1.60. The van der Waals surface area contributed by atoms with Gasteiger partial charge in [-0.3, -0.25) is 0 Å². The molecule has 0 fully saturated rings. The van der Waals surface area contributed by atoms with Crippen molar-refractivity contribution in [2.45, 2.75) is 142 Å². The number of aryl methyl sites for hydroxylation is 2. The fourth-order valence-electron chi connectivity index (χ4n) is 5.70. The van der Waals surface area contributed by atoms with Gasteiger partial charge in [0.2, 0.25) is 0 Å². The molecule has 5 rings (SSSR count). The van der Waals surface area contributed by atoms with Crippen LogP contribution in [0.15, 0.2) is 48.5 Å². The van der Waals surface area contributed by atoms with Gasteiger partial charge in [-0.1, -0.05) is 91.5 Å². The fraction of sp³-hybridized carbons (Fsp3) is 0.571. The van der Waals surface area contributed by atoms with E-state index in [-0.39, 0.29) is 0 Å². The molecule has 0 spiro atoms. The molecule has 0 N–H and O–H groups in total. The summed E-state index contributed by atoms with van der Waals surface area (Å²) in [5.74, 6) is 0. The predicted octanol–water partition coefficient (Wildman–Crippen LogP) is 15.8. The van der Waals surface area contributed by atoms with Gasteiger partial charge in [-0.15, -0.1) is 45.3 Å². The maximum atomic E-state index is 6.35. The number of fused-ring (bicyclic) bond motifs is 2. The van der Waals surface area contributed by atoms with Crippen molar-refractivity contribution in [3.63, 3.8) is 0 Å². The van der Waals surface area contributed by atoms with Crippen LogP contribution in [0, 0.1) is 0 Å². The highest BCUT2D eigenvalue weighted by Crippen LogP contribution is 2.42. The molecular weight excluding hydrogens is 721 g/mol. The third kappa shape index (κ3) is 10.5. The van der Waals surface area contributed by atoms with Crippen LogP contribution in [0.3, 0.4) is 0 Å². The summed E-state index contributed by atoms with van der Waals surface area (Å²) in [5.41, 5.74) is 2.66. The number of thiophene rings is 4. The van der Waals surface area contributed by atoms with Gasteiger partial charge in [-0.05, 0) is 110 Å². The molecule has 274 valence electrons. The van der Waals surface area contributed by atoms with Gasteiger partial charge in [0.15, 0.2) is 16.6 Å². The zero-order valence-corrected chi connectivity index (χ0v) is 37.8. The molecule has 8 heteroatoms. The maximum Gasteiger partial charge on any atom is 0.191 e. The molecule has 2 nitrogen and oxygen atoms in total. The Balaban J connectivity index is 1.03. The molecule has 0 atom stereocenters. The van der Waals surface area contributed by atoms with E-state index in [0.717, 1.165) is 13.2 Å². The zero-order chi connectivity index (χ0) is 36.2. The van der Waals surface area contributed by atoms with E-state index in [9.17, 15) is 0 Å². The van der Waals surface area contributed by atoms with Gasteiger partial charge in [0.1, 0.15) is 0 Å². The molecule has 0 saturated carbocycles. The first-order valence-electron chi connectivity index (χ1n) is 19.0. The normalized spacial score (nSPS) is 13.3. The van der Waals surface area contributed by atoms with Crippen LogP contribution in [0.2, 0.25) is 36.3 Å². The molecular formula is C42H62O2S4Si2. The van der Waals surface area contributed by atoms with E-state index in [1.807, 2.05) is 45.3 Å². The average molecular weight is 783 g/mol.